The summed E-state index contributed by atoms with van der Waals surface area (Å²) in [7, 11) is 0. The van der Waals surface area contributed by atoms with Gasteiger partial charge in [0.25, 0.3) is 5.91 Å². The largest absolute Gasteiger partial charge is 0.340 e. The number of aromatic nitrogens is 1. The van der Waals surface area contributed by atoms with Gasteiger partial charge in [0.1, 0.15) is 0 Å². The quantitative estimate of drug-likeness (QED) is 0.753. The number of nitrogens with zero attached hydrogens (tertiary/aromatic N) is 2. The predicted molar refractivity (Wildman–Crippen MR) is 105 cm³/mol. The van der Waals surface area contributed by atoms with Gasteiger partial charge in [-0.15, -0.1) is 0 Å². The van der Waals surface area contributed by atoms with Crippen molar-refractivity contribution >= 4 is 23.0 Å². The van der Waals surface area contributed by atoms with Crippen molar-refractivity contribution in [2.24, 2.45) is 0 Å². The molecular weight excluding hydrogens is 322 g/mol. The molecule has 2 heterocycles. The molecule has 1 amide bonds. The number of nitrogens with one attached hydrogen (secondary N) is 1. The topological polar surface area (TPSA) is 45.2 Å². The molecule has 4 nitrogen and oxygen atoms in total. The van der Waals surface area contributed by atoms with E-state index < -0.39 is 0 Å². The minimum atomic E-state index is -0.140. The second-order valence-electron chi connectivity index (χ2n) is 6.73. The first-order valence-corrected chi connectivity index (χ1v) is 8.81. The Hall–Kier alpha value is -3.14. The number of hydrogen-bond donors (Lipinski definition) is 1. The number of hydrogen-bond acceptors (Lipinski definition) is 3. The summed E-state index contributed by atoms with van der Waals surface area (Å²) in [5, 5.41) is 2.99. The number of benzene rings is 2. The normalized spacial score (nSPS) is 12.8. The molecule has 0 radical (unpaired) electrons. The van der Waals surface area contributed by atoms with E-state index in [2.05, 4.69) is 39.5 Å². The monoisotopic (exact) mass is 343 g/mol. The van der Waals surface area contributed by atoms with Crippen molar-refractivity contribution in [1.29, 1.82) is 0 Å². The van der Waals surface area contributed by atoms with E-state index in [1.807, 2.05) is 44.3 Å². The zero-order chi connectivity index (χ0) is 18.1. The van der Waals surface area contributed by atoms with Crippen molar-refractivity contribution in [2.75, 3.05) is 16.8 Å². The maximum atomic E-state index is 12.7. The van der Waals surface area contributed by atoms with Crippen LogP contribution in [0, 0.1) is 13.8 Å². The molecule has 0 unspecified atom stereocenters. The van der Waals surface area contributed by atoms with Crippen LogP contribution in [0.2, 0.25) is 0 Å². The molecular formula is C22H21N3O. The summed E-state index contributed by atoms with van der Waals surface area (Å²) in [6, 6.07) is 16.3. The van der Waals surface area contributed by atoms with Gasteiger partial charge in [-0.25, -0.2) is 0 Å². The number of fused-ring (bicyclic) bond motifs is 1. The Morgan fingerprint density at radius 1 is 1.08 bits per heavy atom. The second-order valence-corrected chi connectivity index (χ2v) is 6.73. The van der Waals surface area contributed by atoms with E-state index in [0.29, 0.717) is 5.56 Å². The van der Waals surface area contributed by atoms with Gasteiger partial charge in [-0.3, -0.25) is 9.78 Å². The van der Waals surface area contributed by atoms with Gasteiger partial charge in [-0.2, -0.15) is 0 Å². The molecule has 1 aliphatic heterocycles. The minimum absolute atomic E-state index is 0.140. The molecule has 0 aliphatic carbocycles. The number of aryl methyl sites for hydroxylation is 2. The van der Waals surface area contributed by atoms with E-state index in [9.17, 15) is 4.79 Å². The summed E-state index contributed by atoms with van der Waals surface area (Å²) in [5.41, 5.74) is 7.10. The van der Waals surface area contributed by atoms with Crippen LogP contribution in [0.25, 0.3) is 0 Å². The van der Waals surface area contributed by atoms with E-state index >= 15 is 0 Å². The SMILES string of the molecule is Cc1ccc(NC(=O)c2cncc(N3CCc4ccccc43)c2)c(C)c1. The zero-order valence-electron chi connectivity index (χ0n) is 15.0. The summed E-state index contributed by atoms with van der Waals surface area (Å²) in [6.07, 6.45) is 4.44. The molecule has 4 heteroatoms. The van der Waals surface area contributed by atoms with Crippen LogP contribution in [0.4, 0.5) is 17.1 Å². The van der Waals surface area contributed by atoms with Crippen LogP contribution in [0.3, 0.4) is 0 Å². The summed E-state index contributed by atoms with van der Waals surface area (Å²) in [5.74, 6) is -0.140. The van der Waals surface area contributed by atoms with E-state index in [4.69, 9.17) is 0 Å². The van der Waals surface area contributed by atoms with Crippen LogP contribution in [-0.2, 0) is 6.42 Å². The average molecular weight is 343 g/mol. The smallest absolute Gasteiger partial charge is 0.257 e. The van der Waals surface area contributed by atoms with Crippen LogP contribution in [0.15, 0.2) is 60.9 Å². The lowest BCUT2D eigenvalue weighted by atomic mass is 10.1. The Balaban J connectivity index is 1.59. The van der Waals surface area contributed by atoms with Crippen LogP contribution in [0.1, 0.15) is 27.0 Å². The molecule has 4 rings (SSSR count). The Kier molecular flexibility index (Phi) is 4.17. The van der Waals surface area contributed by atoms with Crippen molar-refractivity contribution in [3.05, 3.63) is 83.2 Å². The molecule has 0 spiro atoms. The van der Waals surface area contributed by atoms with Gasteiger partial charge in [-0.05, 0) is 49.6 Å². The molecule has 0 atom stereocenters. The van der Waals surface area contributed by atoms with Crippen molar-refractivity contribution in [3.63, 3.8) is 0 Å². The molecule has 0 fully saturated rings. The molecule has 130 valence electrons. The third-order valence-electron chi connectivity index (χ3n) is 4.81. The number of pyridine rings is 1. The number of para-hydroxylation sites is 1. The van der Waals surface area contributed by atoms with Crippen molar-refractivity contribution in [3.8, 4) is 0 Å². The molecule has 0 saturated carbocycles. The van der Waals surface area contributed by atoms with Gasteiger partial charge >= 0.3 is 0 Å². The third-order valence-corrected chi connectivity index (χ3v) is 4.81. The van der Waals surface area contributed by atoms with E-state index in [0.717, 1.165) is 29.9 Å². The van der Waals surface area contributed by atoms with E-state index in [1.54, 1.807) is 6.20 Å². The van der Waals surface area contributed by atoms with Gasteiger partial charge in [0.2, 0.25) is 0 Å². The van der Waals surface area contributed by atoms with Gasteiger partial charge < -0.3 is 10.2 Å². The molecule has 1 N–H and O–H groups in total. The van der Waals surface area contributed by atoms with Crippen molar-refractivity contribution in [1.82, 2.24) is 4.98 Å². The van der Waals surface area contributed by atoms with Crippen LogP contribution in [-0.4, -0.2) is 17.4 Å². The average Bonchev–Trinajstić information content (AvgIpc) is 3.08. The number of carbonyl (C=O) groups is 1. The highest BCUT2D eigenvalue weighted by atomic mass is 16.1. The molecule has 2 aromatic carbocycles. The minimum Gasteiger partial charge on any atom is -0.340 e. The standard InChI is InChI=1S/C22H21N3O/c1-15-7-8-20(16(2)11-15)24-22(26)18-12-19(14-23-13-18)25-10-9-17-5-3-4-6-21(17)25/h3-8,11-14H,9-10H2,1-2H3,(H,24,26). The van der Waals surface area contributed by atoms with Crippen LogP contribution >= 0.6 is 0 Å². The second kappa shape index (κ2) is 6.64. The molecule has 3 aromatic rings. The lowest BCUT2D eigenvalue weighted by Gasteiger charge is -2.19. The zero-order valence-corrected chi connectivity index (χ0v) is 15.0. The molecule has 0 saturated heterocycles. The van der Waals surface area contributed by atoms with Gasteiger partial charge in [0.05, 0.1) is 17.4 Å². The first-order valence-electron chi connectivity index (χ1n) is 8.81. The highest BCUT2D eigenvalue weighted by Crippen LogP contribution is 2.34. The van der Waals surface area contributed by atoms with Crippen molar-refractivity contribution in [2.45, 2.75) is 20.3 Å². The van der Waals surface area contributed by atoms with E-state index in [1.165, 1.54) is 16.8 Å². The fourth-order valence-corrected chi connectivity index (χ4v) is 3.45. The number of carbonyl (C=O) groups excluding carboxylic acids is 1. The lowest BCUT2D eigenvalue weighted by Crippen LogP contribution is -2.17. The Morgan fingerprint density at radius 2 is 1.92 bits per heavy atom. The predicted octanol–water partition coefficient (Wildman–Crippen LogP) is 4.64. The van der Waals surface area contributed by atoms with E-state index in [-0.39, 0.29) is 5.91 Å². The fraction of sp³-hybridized carbons (Fsp3) is 0.182. The first-order chi connectivity index (χ1) is 12.6. The van der Waals surface area contributed by atoms with Crippen LogP contribution < -0.4 is 10.2 Å². The molecule has 0 bridgehead atoms. The molecule has 1 aliphatic rings. The number of anilines is 3. The molecule has 26 heavy (non-hydrogen) atoms. The first kappa shape index (κ1) is 16.3. The summed E-state index contributed by atoms with van der Waals surface area (Å²) in [6.45, 7) is 4.95. The van der Waals surface area contributed by atoms with Crippen molar-refractivity contribution < 1.29 is 4.79 Å². The highest BCUT2D eigenvalue weighted by molar-refractivity contribution is 6.05. The molecule has 1 aromatic heterocycles. The van der Waals surface area contributed by atoms with Gasteiger partial charge in [0.15, 0.2) is 0 Å². The van der Waals surface area contributed by atoms with Gasteiger partial charge in [-0.1, -0.05) is 35.9 Å². The maximum Gasteiger partial charge on any atom is 0.257 e. The Bertz CT molecular complexity index is 981. The maximum absolute atomic E-state index is 12.7. The number of rotatable bonds is 3. The highest BCUT2D eigenvalue weighted by Gasteiger charge is 2.21. The fourth-order valence-electron chi connectivity index (χ4n) is 3.45. The summed E-state index contributed by atoms with van der Waals surface area (Å²) in [4.78, 5) is 19.2. The summed E-state index contributed by atoms with van der Waals surface area (Å²) >= 11 is 0. The third kappa shape index (κ3) is 3.06. The van der Waals surface area contributed by atoms with Crippen LogP contribution in [0.5, 0.6) is 0 Å². The Labute approximate surface area is 153 Å². The summed E-state index contributed by atoms with van der Waals surface area (Å²) < 4.78 is 0. The Morgan fingerprint density at radius 3 is 2.77 bits per heavy atom. The van der Waals surface area contributed by atoms with Gasteiger partial charge in [0, 0.05) is 24.1 Å². The number of amides is 1. The lowest BCUT2D eigenvalue weighted by molar-refractivity contribution is 0.102.